The van der Waals surface area contributed by atoms with E-state index in [1.165, 1.54) is 0 Å². The molecule has 0 amide bonds. The monoisotopic (exact) mass is 313 g/mol. The second-order valence-electron chi connectivity index (χ2n) is 5.34. The molecule has 0 spiro atoms. The Morgan fingerprint density at radius 2 is 2.20 bits per heavy atom. The number of alkyl halides is 1. The first-order valence-electron chi connectivity index (χ1n) is 6.57. The fourth-order valence-corrected chi connectivity index (χ4v) is 4.76. The van der Waals surface area contributed by atoms with Gasteiger partial charge in [-0.05, 0) is 31.4 Å². The zero-order chi connectivity index (χ0) is 14.3. The van der Waals surface area contributed by atoms with Crippen LogP contribution in [0.3, 0.4) is 0 Å². The van der Waals surface area contributed by atoms with Gasteiger partial charge in [-0.1, -0.05) is 0 Å². The Labute approximate surface area is 122 Å². The van der Waals surface area contributed by atoms with Gasteiger partial charge in [0.15, 0.2) is 15.5 Å². The van der Waals surface area contributed by atoms with Crippen molar-refractivity contribution in [3.05, 3.63) is 23.7 Å². The van der Waals surface area contributed by atoms with Gasteiger partial charge in [-0.2, -0.15) is 0 Å². The summed E-state index contributed by atoms with van der Waals surface area (Å²) in [6, 6.07) is 3.84. The van der Waals surface area contributed by atoms with E-state index in [9.17, 15) is 8.42 Å². The quantitative estimate of drug-likeness (QED) is 0.812. The number of hydrogen-bond donors (Lipinski definition) is 0. The molecule has 0 bridgehead atoms. The minimum Gasteiger partial charge on any atom is -0.311 e. The van der Waals surface area contributed by atoms with Gasteiger partial charge in [-0.25, -0.2) is 18.4 Å². The van der Waals surface area contributed by atoms with E-state index in [1.54, 1.807) is 0 Å². The minimum absolute atomic E-state index is 0.127. The second kappa shape index (κ2) is 5.00. The molecule has 3 rings (SSSR count). The first-order chi connectivity index (χ1) is 9.48. The van der Waals surface area contributed by atoms with Crippen LogP contribution < -0.4 is 0 Å². The molecule has 7 heteroatoms. The molecule has 2 aromatic heterocycles. The third-order valence-corrected chi connectivity index (χ3v) is 5.77. The molecule has 0 saturated carbocycles. The molecule has 1 saturated heterocycles. The predicted octanol–water partition coefficient (Wildman–Crippen LogP) is 1.91. The average molecular weight is 314 g/mol. The van der Waals surface area contributed by atoms with Crippen LogP contribution in [0.2, 0.25) is 0 Å². The molecule has 0 N–H and O–H groups in total. The number of fused-ring (bicyclic) bond motifs is 1. The summed E-state index contributed by atoms with van der Waals surface area (Å²) in [4.78, 5) is 8.98. The molecule has 0 aliphatic carbocycles. The van der Waals surface area contributed by atoms with Gasteiger partial charge in [0.2, 0.25) is 0 Å². The van der Waals surface area contributed by atoms with Crippen molar-refractivity contribution in [2.24, 2.45) is 5.92 Å². The number of imidazole rings is 1. The largest absolute Gasteiger partial charge is 0.311 e. The summed E-state index contributed by atoms with van der Waals surface area (Å²) in [5, 5.41) is 0. The van der Waals surface area contributed by atoms with Gasteiger partial charge in [0.05, 0.1) is 17.4 Å². The first-order valence-corrected chi connectivity index (χ1v) is 8.93. The molecule has 1 fully saturated rings. The van der Waals surface area contributed by atoms with Crippen LogP contribution in [-0.4, -0.2) is 34.5 Å². The molecule has 1 unspecified atom stereocenters. The SMILES string of the molecule is Cc1ccc2nc(CCl)n(CC3CCS(=O)(=O)C3)c2n1. The Hall–Kier alpha value is -1.14. The average Bonchev–Trinajstić information content (AvgIpc) is 2.91. The summed E-state index contributed by atoms with van der Waals surface area (Å²) in [5.41, 5.74) is 2.52. The molecular formula is C13H16ClN3O2S. The van der Waals surface area contributed by atoms with E-state index in [0.717, 1.165) is 22.7 Å². The van der Waals surface area contributed by atoms with E-state index in [0.29, 0.717) is 18.8 Å². The summed E-state index contributed by atoms with van der Waals surface area (Å²) in [5.74, 6) is 1.72. The lowest BCUT2D eigenvalue weighted by molar-refractivity contribution is 0.488. The summed E-state index contributed by atoms with van der Waals surface area (Å²) in [7, 11) is -2.87. The normalized spacial score (nSPS) is 21.6. The van der Waals surface area contributed by atoms with Crippen molar-refractivity contribution in [3.63, 3.8) is 0 Å². The van der Waals surface area contributed by atoms with Gasteiger partial charge in [0.25, 0.3) is 0 Å². The van der Waals surface area contributed by atoms with Gasteiger partial charge >= 0.3 is 0 Å². The highest BCUT2D eigenvalue weighted by Crippen LogP contribution is 2.24. The molecule has 5 nitrogen and oxygen atoms in total. The molecule has 2 aromatic rings. The predicted molar refractivity (Wildman–Crippen MR) is 78.6 cm³/mol. The molecular weight excluding hydrogens is 298 g/mol. The van der Waals surface area contributed by atoms with Crippen molar-refractivity contribution in [3.8, 4) is 0 Å². The Bertz CT molecular complexity index is 754. The maximum absolute atomic E-state index is 11.6. The number of aryl methyl sites for hydroxylation is 1. The Morgan fingerprint density at radius 3 is 2.85 bits per heavy atom. The van der Waals surface area contributed by atoms with Crippen molar-refractivity contribution in [1.29, 1.82) is 0 Å². The highest BCUT2D eigenvalue weighted by atomic mass is 35.5. The number of pyridine rings is 1. The lowest BCUT2D eigenvalue weighted by Gasteiger charge is -2.11. The zero-order valence-electron chi connectivity index (χ0n) is 11.2. The maximum atomic E-state index is 11.6. The van der Waals surface area contributed by atoms with Crippen LogP contribution >= 0.6 is 11.6 Å². The Balaban J connectivity index is 1.99. The van der Waals surface area contributed by atoms with Crippen LogP contribution in [-0.2, 0) is 22.3 Å². The number of rotatable bonds is 3. The van der Waals surface area contributed by atoms with Crippen LogP contribution in [0, 0.1) is 12.8 Å². The van der Waals surface area contributed by atoms with Crippen molar-refractivity contribution < 1.29 is 8.42 Å². The number of sulfone groups is 1. The number of hydrogen-bond acceptors (Lipinski definition) is 4. The molecule has 1 aliphatic rings. The third-order valence-electron chi connectivity index (χ3n) is 3.70. The topological polar surface area (TPSA) is 64.8 Å². The molecule has 1 aliphatic heterocycles. The Kier molecular flexibility index (Phi) is 3.46. The highest BCUT2D eigenvalue weighted by molar-refractivity contribution is 7.91. The van der Waals surface area contributed by atoms with E-state index in [4.69, 9.17) is 11.6 Å². The molecule has 20 heavy (non-hydrogen) atoms. The molecule has 3 heterocycles. The van der Waals surface area contributed by atoms with Crippen molar-refractivity contribution in [2.75, 3.05) is 11.5 Å². The minimum atomic E-state index is -2.87. The fraction of sp³-hybridized carbons (Fsp3) is 0.538. The molecule has 1 atom stereocenters. The highest BCUT2D eigenvalue weighted by Gasteiger charge is 2.29. The van der Waals surface area contributed by atoms with E-state index in [1.807, 2.05) is 23.6 Å². The van der Waals surface area contributed by atoms with Crippen LogP contribution in [0.25, 0.3) is 11.2 Å². The van der Waals surface area contributed by atoms with Crippen LogP contribution in [0.1, 0.15) is 17.9 Å². The van der Waals surface area contributed by atoms with E-state index >= 15 is 0 Å². The van der Waals surface area contributed by atoms with Gasteiger partial charge in [0, 0.05) is 12.2 Å². The van der Waals surface area contributed by atoms with E-state index in [-0.39, 0.29) is 17.4 Å². The van der Waals surface area contributed by atoms with E-state index < -0.39 is 9.84 Å². The van der Waals surface area contributed by atoms with Gasteiger partial charge in [0.1, 0.15) is 11.3 Å². The summed E-state index contributed by atoms with van der Waals surface area (Å²) >= 11 is 5.96. The fourth-order valence-electron chi connectivity index (χ4n) is 2.71. The summed E-state index contributed by atoms with van der Waals surface area (Å²) in [6.45, 7) is 2.55. The zero-order valence-corrected chi connectivity index (χ0v) is 12.8. The first kappa shape index (κ1) is 13.8. The van der Waals surface area contributed by atoms with Crippen LogP contribution in [0.15, 0.2) is 12.1 Å². The van der Waals surface area contributed by atoms with Crippen LogP contribution in [0.5, 0.6) is 0 Å². The number of aromatic nitrogens is 3. The van der Waals surface area contributed by atoms with Crippen molar-refractivity contribution in [2.45, 2.75) is 25.8 Å². The molecule has 108 valence electrons. The van der Waals surface area contributed by atoms with Crippen LogP contribution in [0.4, 0.5) is 0 Å². The number of halogens is 1. The smallest absolute Gasteiger partial charge is 0.160 e. The lowest BCUT2D eigenvalue weighted by Crippen LogP contribution is -2.14. The molecule has 0 aromatic carbocycles. The lowest BCUT2D eigenvalue weighted by atomic mass is 10.1. The third kappa shape index (κ3) is 2.54. The summed E-state index contributed by atoms with van der Waals surface area (Å²) < 4.78 is 25.1. The van der Waals surface area contributed by atoms with Crippen molar-refractivity contribution >= 4 is 32.6 Å². The van der Waals surface area contributed by atoms with Gasteiger partial charge < -0.3 is 4.57 Å². The van der Waals surface area contributed by atoms with Crippen molar-refractivity contribution in [1.82, 2.24) is 14.5 Å². The molecule has 0 radical (unpaired) electrons. The standard InChI is InChI=1S/C13H16ClN3O2S/c1-9-2-3-11-13(15-9)17(12(6-14)16-11)7-10-4-5-20(18,19)8-10/h2-3,10H,4-8H2,1H3. The Morgan fingerprint density at radius 1 is 1.40 bits per heavy atom. The van der Waals surface area contributed by atoms with E-state index in [2.05, 4.69) is 9.97 Å². The van der Waals surface area contributed by atoms with Gasteiger partial charge in [-0.3, -0.25) is 0 Å². The number of nitrogens with zero attached hydrogens (tertiary/aromatic N) is 3. The maximum Gasteiger partial charge on any atom is 0.160 e. The summed E-state index contributed by atoms with van der Waals surface area (Å²) in [6.07, 6.45) is 0.704. The second-order valence-corrected chi connectivity index (χ2v) is 7.83. The van der Waals surface area contributed by atoms with Gasteiger partial charge in [-0.15, -0.1) is 11.6 Å².